The minimum absolute atomic E-state index is 0.0535. The molecule has 1 N–H and O–H groups in total. The lowest BCUT2D eigenvalue weighted by atomic mass is 10.3. The molecule has 0 aliphatic carbocycles. The molecule has 0 unspecified atom stereocenters. The van der Waals surface area contributed by atoms with Crippen LogP contribution in [0.25, 0.3) is 0 Å². The molecule has 0 aromatic carbocycles. The summed E-state index contributed by atoms with van der Waals surface area (Å²) < 4.78 is 4.94. The molecule has 0 fully saturated rings. The molecule has 0 saturated heterocycles. The number of guanidine groups is 1. The number of unbranched alkanes of at least 4 members (excludes halogenated alkanes) is 1. The minimum Gasteiger partial charge on any atom is -0.357 e. The number of halogens is 1. The summed E-state index contributed by atoms with van der Waals surface area (Å²) in [5, 5.41) is 3.35. The molecule has 2 aromatic heterocycles. The lowest BCUT2D eigenvalue weighted by Gasteiger charge is -2.22. The summed E-state index contributed by atoms with van der Waals surface area (Å²) in [6, 6.07) is 7.38. The maximum Gasteiger partial charge on any atom is 0.250 e. The van der Waals surface area contributed by atoms with Crippen molar-refractivity contribution in [1.82, 2.24) is 19.4 Å². The summed E-state index contributed by atoms with van der Waals surface area (Å²) in [6.07, 6.45) is 5.77. The van der Waals surface area contributed by atoms with Gasteiger partial charge in [0.1, 0.15) is 0 Å². The number of aromatic nitrogens is 2. The normalized spacial score (nSPS) is 11.6. The Morgan fingerprint density at radius 1 is 1.35 bits per heavy atom. The number of hydrogen-bond donors (Lipinski definition) is 1. The van der Waals surface area contributed by atoms with Gasteiger partial charge in [-0.05, 0) is 47.8 Å². The van der Waals surface area contributed by atoms with Crippen LogP contribution in [0.1, 0.15) is 25.5 Å². The van der Waals surface area contributed by atoms with Gasteiger partial charge in [0.2, 0.25) is 5.56 Å². The summed E-state index contributed by atoms with van der Waals surface area (Å²) >= 11 is 3.51. The Bertz CT molecular complexity index is 780. The van der Waals surface area contributed by atoms with Gasteiger partial charge in [-0.15, -0.1) is 0 Å². The monoisotopic (exact) mass is 421 g/mol. The van der Waals surface area contributed by atoms with E-state index in [1.807, 2.05) is 26.4 Å². The van der Waals surface area contributed by atoms with Gasteiger partial charge in [0.05, 0.1) is 6.54 Å². The molecule has 0 aliphatic heterocycles. The highest BCUT2D eigenvalue weighted by Gasteiger charge is 2.09. The molecule has 0 saturated carbocycles. The topological polar surface area (TPSA) is 54.6 Å². The van der Waals surface area contributed by atoms with Crippen LogP contribution in [-0.2, 0) is 20.1 Å². The van der Waals surface area contributed by atoms with E-state index in [-0.39, 0.29) is 5.56 Å². The van der Waals surface area contributed by atoms with Crippen molar-refractivity contribution < 1.29 is 0 Å². The van der Waals surface area contributed by atoms with E-state index in [1.165, 1.54) is 5.69 Å². The average molecular weight is 422 g/mol. The zero-order valence-electron chi connectivity index (χ0n) is 15.8. The molecular formula is C19H28BrN5O. The molecule has 0 spiro atoms. The van der Waals surface area contributed by atoms with E-state index in [0.717, 1.165) is 49.5 Å². The molecule has 2 heterocycles. The first kappa shape index (κ1) is 20.3. The van der Waals surface area contributed by atoms with Gasteiger partial charge in [-0.3, -0.25) is 9.79 Å². The maximum absolute atomic E-state index is 11.7. The predicted octanol–water partition coefficient (Wildman–Crippen LogP) is 2.83. The maximum atomic E-state index is 11.7. The number of rotatable bonds is 8. The number of pyridine rings is 1. The fourth-order valence-electron chi connectivity index (χ4n) is 2.74. The van der Waals surface area contributed by atoms with Crippen LogP contribution in [0.5, 0.6) is 0 Å². The van der Waals surface area contributed by atoms with Crippen LogP contribution in [0.4, 0.5) is 0 Å². The van der Waals surface area contributed by atoms with Crippen molar-refractivity contribution in [1.29, 1.82) is 0 Å². The van der Waals surface area contributed by atoms with Gasteiger partial charge in [-0.1, -0.05) is 6.07 Å². The summed E-state index contributed by atoms with van der Waals surface area (Å²) in [7, 11) is 4.09. The Kier molecular flexibility index (Phi) is 7.97. The summed E-state index contributed by atoms with van der Waals surface area (Å²) in [5.41, 5.74) is 1.27. The molecule has 6 nitrogen and oxygen atoms in total. The Morgan fingerprint density at radius 2 is 2.15 bits per heavy atom. The number of aliphatic imine (C=N–C) groups is 1. The highest BCUT2D eigenvalue weighted by atomic mass is 79.9. The first-order valence-corrected chi connectivity index (χ1v) is 9.76. The third-order valence-electron chi connectivity index (χ3n) is 4.14. The van der Waals surface area contributed by atoms with Gasteiger partial charge in [-0.25, -0.2) is 0 Å². The zero-order valence-corrected chi connectivity index (χ0v) is 17.4. The zero-order chi connectivity index (χ0) is 18.9. The van der Waals surface area contributed by atoms with Gasteiger partial charge in [0.25, 0.3) is 0 Å². The molecule has 0 radical (unpaired) electrons. The van der Waals surface area contributed by atoms with Crippen LogP contribution in [0, 0.1) is 0 Å². The van der Waals surface area contributed by atoms with Crippen LogP contribution in [0.15, 0.2) is 50.9 Å². The Hall–Kier alpha value is -2.02. The molecule has 0 amide bonds. The van der Waals surface area contributed by atoms with E-state index in [4.69, 9.17) is 4.99 Å². The van der Waals surface area contributed by atoms with Crippen LogP contribution in [0.3, 0.4) is 0 Å². The molecule has 0 aliphatic rings. The van der Waals surface area contributed by atoms with Crippen molar-refractivity contribution in [2.75, 3.05) is 20.1 Å². The van der Waals surface area contributed by atoms with Crippen molar-refractivity contribution in [3.8, 4) is 0 Å². The Labute approximate surface area is 163 Å². The fourth-order valence-corrected chi connectivity index (χ4v) is 3.31. The standard InChI is InChI=1S/C19H28BrN5O/c1-4-21-19(24(3)15-17-13-16(20)14-23(17)2)22-10-6-8-12-25-11-7-5-9-18(25)26/h5,7,9,11,13-14H,4,6,8,10,12,15H2,1-3H3,(H,21,22). The third kappa shape index (κ3) is 6.05. The van der Waals surface area contributed by atoms with Gasteiger partial charge in [0.15, 0.2) is 5.96 Å². The van der Waals surface area contributed by atoms with Crippen LogP contribution < -0.4 is 10.9 Å². The SMILES string of the molecule is CCNC(=NCCCCn1ccccc1=O)N(C)Cc1cc(Br)cn1C. The molecule has 7 heteroatoms. The van der Waals surface area contributed by atoms with Crippen molar-refractivity contribution in [2.45, 2.75) is 32.9 Å². The van der Waals surface area contributed by atoms with E-state index in [2.05, 4.69) is 49.9 Å². The average Bonchev–Trinajstić information content (AvgIpc) is 2.92. The minimum atomic E-state index is 0.0535. The molecular weight excluding hydrogens is 394 g/mol. The second-order valence-corrected chi connectivity index (χ2v) is 7.21. The highest BCUT2D eigenvalue weighted by molar-refractivity contribution is 9.10. The Morgan fingerprint density at radius 3 is 2.81 bits per heavy atom. The lowest BCUT2D eigenvalue weighted by molar-refractivity contribution is 0.461. The number of hydrogen-bond acceptors (Lipinski definition) is 2. The highest BCUT2D eigenvalue weighted by Crippen LogP contribution is 2.15. The van der Waals surface area contributed by atoms with Crippen molar-refractivity contribution in [2.24, 2.45) is 12.0 Å². The molecule has 0 atom stereocenters. The quantitative estimate of drug-likeness (QED) is 0.405. The lowest BCUT2D eigenvalue weighted by Crippen LogP contribution is -2.38. The van der Waals surface area contributed by atoms with Gasteiger partial charge in [0, 0.05) is 62.4 Å². The summed E-state index contributed by atoms with van der Waals surface area (Å²) in [5.74, 6) is 0.904. The van der Waals surface area contributed by atoms with E-state index in [0.29, 0.717) is 0 Å². The first-order valence-electron chi connectivity index (χ1n) is 8.97. The molecule has 142 valence electrons. The van der Waals surface area contributed by atoms with Gasteiger partial charge < -0.3 is 19.4 Å². The van der Waals surface area contributed by atoms with Crippen LogP contribution in [-0.4, -0.2) is 40.1 Å². The predicted molar refractivity (Wildman–Crippen MR) is 110 cm³/mol. The van der Waals surface area contributed by atoms with Crippen molar-refractivity contribution in [3.05, 3.63) is 57.2 Å². The molecule has 0 bridgehead atoms. The summed E-state index contributed by atoms with van der Waals surface area (Å²) in [6.45, 7) is 5.17. The van der Waals surface area contributed by atoms with E-state index in [9.17, 15) is 4.79 Å². The van der Waals surface area contributed by atoms with Crippen LogP contribution in [0.2, 0.25) is 0 Å². The van der Waals surface area contributed by atoms with Crippen molar-refractivity contribution >= 4 is 21.9 Å². The Balaban J connectivity index is 1.86. The molecule has 2 aromatic rings. The van der Waals surface area contributed by atoms with E-state index in [1.54, 1.807) is 16.7 Å². The third-order valence-corrected chi connectivity index (χ3v) is 4.57. The smallest absolute Gasteiger partial charge is 0.250 e. The largest absolute Gasteiger partial charge is 0.357 e. The number of aryl methyl sites for hydroxylation is 2. The second-order valence-electron chi connectivity index (χ2n) is 6.29. The molecule has 2 rings (SSSR count). The van der Waals surface area contributed by atoms with Gasteiger partial charge >= 0.3 is 0 Å². The number of nitrogens with one attached hydrogen (secondary N) is 1. The van der Waals surface area contributed by atoms with Crippen LogP contribution >= 0.6 is 15.9 Å². The summed E-state index contributed by atoms with van der Waals surface area (Å²) in [4.78, 5) is 18.5. The first-order chi connectivity index (χ1) is 12.5. The molecule has 26 heavy (non-hydrogen) atoms. The van der Waals surface area contributed by atoms with Gasteiger partial charge in [-0.2, -0.15) is 0 Å². The second kappa shape index (κ2) is 10.2. The number of nitrogens with zero attached hydrogens (tertiary/aromatic N) is 4. The fraction of sp³-hybridized carbons (Fsp3) is 0.474. The van der Waals surface area contributed by atoms with E-state index >= 15 is 0 Å². The van der Waals surface area contributed by atoms with E-state index < -0.39 is 0 Å². The van der Waals surface area contributed by atoms with Crippen molar-refractivity contribution in [3.63, 3.8) is 0 Å².